The lowest BCUT2D eigenvalue weighted by Crippen LogP contribution is -2.00. The largest absolute Gasteiger partial charge is 0.103 e. The minimum atomic E-state index is 0.995. The van der Waals surface area contributed by atoms with Crippen LogP contribution in [0, 0.1) is 5.92 Å². The van der Waals surface area contributed by atoms with Gasteiger partial charge >= 0.3 is 0 Å². The fourth-order valence-electron chi connectivity index (χ4n) is 1.97. The highest BCUT2D eigenvalue weighted by Gasteiger charge is 2.06. The van der Waals surface area contributed by atoms with Crippen LogP contribution in [0.15, 0.2) is 12.7 Å². The fraction of sp³-hybridized carbons (Fsp3) is 0.857. The summed E-state index contributed by atoms with van der Waals surface area (Å²) in [5, 5.41) is 0. The van der Waals surface area contributed by atoms with Crippen LogP contribution in [0.5, 0.6) is 0 Å². The third-order valence-electron chi connectivity index (χ3n) is 2.95. The van der Waals surface area contributed by atoms with Crippen molar-refractivity contribution in [1.82, 2.24) is 0 Å². The Labute approximate surface area is 90.8 Å². The van der Waals surface area contributed by atoms with Crippen LogP contribution >= 0.6 is 0 Å². The molecule has 0 N–H and O–H groups in total. The lowest BCUT2D eigenvalue weighted by molar-refractivity contribution is 0.385. The zero-order valence-corrected chi connectivity index (χ0v) is 10.2. The van der Waals surface area contributed by atoms with Crippen LogP contribution in [0.25, 0.3) is 0 Å². The van der Waals surface area contributed by atoms with E-state index in [0.29, 0.717) is 0 Å². The molecular formula is C14H28. The Morgan fingerprint density at radius 3 is 1.86 bits per heavy atom. The van der Waals surface area contributed by atoms with Gasteiger partial charge in [0.1, 0.15) is 0 Å². The number of hydrogen-bond donors (Lipinski definition) is 0. The molecule has 0 radical (unpaired) electrons. The molecule has 0 aliphatic heterocycles. The van der Waals surface area contributed by atoms with Gasteiger partial charge in [-0.1, -0.05) is 64.9 Å². The predicted molar refractivity (Wildman–Crippen MR) is 66.6 cm³/mol. The van der Waals surface area contributed by atoms with Crippen molar-refractivity contribution in [3.63, 3.8) is 0 Å². The third kappa shape index (κ3) is 8.34. The molecule has 0 heterocycles. The summed E-state index contributed by atoms with van der Waals surface area (Å²) >= 11 is 0. The van der Waals surface area contributed by atoms with Crippen molar-refractivity contribution in [2.24, 2.45) is 5.92 Å². The molecule has 0 aromatic heterocycles. The summed E-state index contributed by atoms with van der Waals surface area (Å²) in [7, 11) is 0. The average molecular weight is 196 g/mol. The highest BCUT2D eigenvalue weighted by atomic mass is 14.1. The third-order valence-corrected chi connectivity index (χ3v) is 2.95. The van der Waals surface area contributed by atoms with E-state index in [1.165, 1.54) is 57.8 Å². The first-order valence-electron chi connectivity index (χ1n) is 6.46. The Bertz CT molecular complexity index is 107. The van der Waals surface area contributed by atoms with Crippen molar-refractivity contribution in [3.05, 3.63) is 12.7 Å². The van der Waals surface area contributed by atoms with E-state index in [-0.39, 0.29) is 0 Å². The normalized spacial score (nSPS) is 10.8. The lowest BCUT2D eigenvalue weighted by Gasteiger charge is -2.15. The van der Waals surface area contributed by atoms with Crippen LogP contribution < -0.4 is 0 Å². The van der Waals surface area contributed by atoms with Gasteiger partial charge in [-0.3, -0.25) is 0 Å². The monoisotopic (exact) mass is 196 g/mol. The SMILES string of the molecule is C=CCCCC(CCCC)CCCC. The average Bonchev–Trinajstić information content (AvgIpc) is 2.21. The van der Waals surface area contributed by atoms with Crippen LogP contribution in [0.1, 0.15) is 71.6 Å². The first kappa shape index (κ1) is 13.7. The number of rotatable bonds is 10. The van der Waals surface area contributed by atoms with Crippen LogP contribution in [0.4, 0.5) is 0 Å². The standard InChI is InChI=1S/C14H28/c1-4-7-10-13-14(11-8-5-2)12-9-6-3/h4,14H,1,5-13H2,2-3H3. The molecule has 0 nitrogen and oxygen atoms in total. The molecule has 0 aromatic carbocycles. The summed E-state index contributed by atoms with van der Waals surface area (Å²) in [5.41, 5.74) is 0. The van der Waals surface area contributed by atoms with Gasteiger partial charge in [0.15, 0.2) is 0 Å². The highest BCUT2D eigenvalue weighted by Crippen LogP contribution is 2.21. The second kappa shape index (κ2) is 10.8. The topological polar surface area (TPSA) is 0 Å². The molecule has 0 fully saturated rings. The van der Waals surface area contributed by atoms with E-state index in [4.69, 9.17) is 0 Å². The van der Waals surface area contributed by atoms with E-state index in [1.54, 1.807) is 0 Å². The van der Waals surface area contributed by atoms with Crippen LogP contribution in [-0.4, -0.2) is 0 Å². The second-order valence-electron chi connectivity index (χ2n) is 4.37. The molecule has 0 aromatic rings. The van der Waals surface area contributed by atoms with E-state index in [2.05, 4.69) is 26.5 Å². The Kier molecular flexibility index (Phi) is 10.6. The van der Waals surface area contributed by atoms with Gasteiger partial charge < -0.3 is 0 Å². The first-order valence-corrected chi connectivity index (χ1v) is 6.46. The van der Waals surface area contributed by atoms with Crippen molar-refractivity contribution < 1.29 is 0 Å². The first-order chi connectivity index (χ1) is 6.85. The van der Waals surface area contributed by atoms with E-state index < -0.39 is 0 Å². The maximum atomic E-state index is 3.78. The maximum absolute atomic E-state index is 3.78. The summed E-state index contributed by atoms with van der Waals surface area (Å²) in [6, 6.07) is 0. The molecule has 0 atom stereocenters. The van der Waals surface area contributed by atoms with Gasteiger partial charge in [0, 0.05) is 0 Å². The minimum Gasteiger partial charge on any atom is -0.103 e. The Balaban J connectivity index is 3.54. The van der Waals surface area contributed by atoms with Gasteiger partial charge in [0.2, 0.25) is 0 Å². The zero-order chi connectivity index (χ0) is 10.6. The zero-order valence-electron chi connectivity index (χ0n) is 10.2. The van der Waals surface area contributed by atoms with Crippen molar-refractivity contribution in [3.8, 4) is 0 Å². The van der Waals surface area contributed by atoms with Crippen molar-refractivity contribution in [2.75, 3.05) is 0 Å². The number of hydrogen-bond acceptors (Lipinski definition) is 0. The summed E-state index contributed by atoms with van der Waals surface area (Å²) < 4.78 is 0. The molecule has 0 heteroatoms. The summed E-state index contributed by atoms with van der Waals surface area (Å²) in [4.78, 5) is 0. The maximum Gasteiger partial charge on any atom is -0.0353 e. The lowest BCUT2D eigenvalue weighted by atomic mass is 9.91. The molecule has 0 bridgehead atoms. The molecule has 84 valence electrons. The van der Waals surface area contributed by atoms with Gasteiger partial charge in [-0.05, 0) is 18.8 Å². The van der Waals surface area contributed by atoms with Gasteiger partial charge in [-0.2, -0.15) is 0 Å². The van der Waals surface area contributed by atoms with Gasteiger partial charge in [0.05, 0.1) is 0 Å². The summed E-state index contributed by atoms with van der Waals surface area (Å²) in [6.07, 6.45) is 14.5. The predicted octanol–water partition coefficient (Wildman–Crippen LogP) is 5.34. The van der Waals surface area contributed by atoms with Crippen molar-refractivity contribution in [2.45, 2.75) is 71.6 Å². The summed E-state index contributed by atoms with van der Waals surface area (Å²) in [5.74, 6) is 0.995. The van der Waals surface area contributed by atoms with Crippen LogP contribution in [-0.2, 0) is 0 Å². The van der Waals surface area contributed by atoms with Gasteiger partial charge in [-0.25, -0.2) is 0 Å². The molecule has 0 rings (SSSR count). The molecule has 0 amide bonds. The molecule has 0 spiro atoms. The molecule has 0 saturated heterocycles. The molecule has 0 unspecified atom stereocenters. The molecule has 0 aliphatic rings. The van der Waals surface area contributed by atoms with E-state index >= 15 is 0 Å². The highest BCUT2D eigenvalue weighted by molar-refractivity contribution is 4.68. The van der Waals surface area contributed by atoms with Gasteiger partial charge in [-0.15, -0.1) is 6.58 Å². The van der Waals surface area contributed by atoms with E-state index in [9.17, 15) is 0 Å². The van der Waals surface area contributed by atoms with E-state index in [0.717, 1.165) is 5.92 Å². The van der Waals surface area contributed by atoms with Crippen molar-refractivity contribution in [1.29, 1.82) is 0 Å². The quantitative estimate of drug-likeness (QED) is 0.327. The second-order valence-corrected chi connectivity index (χ2v) is 4.37. The molecule has 14 heavy (non-hydrogen) atoms. The van der Waals surface area contributed by atoms with Crippen LogP contribution in [0.2, 0.25) is 0 Å². The van der Waals surface area contributed by atoms with E-state index in [1.807, 2.05) is 0 Å². The van der Waals surface area contributed by atoms with Crippen LogP contribution in [0.3, 0.4) is 0 Å². The molecule has 0 saturated carbocycles. The Hall–Kier alpha value is -0.260. The molecule has 0 aliphatic carbocycles. The summed E-state index contributed by atoms with van der Waals surface area (Å²) in [6.45, 7) is 8.37. The minimum absolute atomic E-state index is 0.995. The van der Waals surface area contributed by atoms with Gasteiger partial charge in [0.25, 0.3) is 0 Å². The Morgan fingerprint density at radius 1 is 0.929 bits per heavy atom. The van der Waals surface area contributed by atoms with Crippen molar-refractivity contribution >= 4 is 0 Å². The molecular weight excluding hydrogens is 168 g/mol. The Morgan fingerprint density at radius 2 is 1.43 bits per heavy atom. The number of unbranched alkanes of at least 4 members (excludes halogenated alkanes) is 3. The number of allylic oxidation sites excluding steroid dienone is 1. The smallest absolute Gasteiger partial charge is 0.0353 e. The fourth-order valence-corrected chi connectivity index (χ4v) is 1.97.